The number of aromatic nitrogens is 2. The van der Waals surface area contributed by atoms with Crippen LogP contribution in [0.5, 0.6) is 0 Å². The van der Waals surface area contributed by atoms with Crippen molar-refractivity contribution in [1.82, 2.24) is 19.6 Å². The predicted octanol–water partition coefficient (Wildman–Crippen LogP) is 1.22. The van der Waals surface area contributed by atoms with Crippen molar-refractivity contribution in [3.8, 4) is 0 Å². The van der Waals surface area contributed by atoms with Crippen LogP contribution < -0.4 is 0 Å². The predicted molar refractivity (Wildman–Crippen MR) is 87.7 cm³/mol. The number of benzene rings is 1. The quantitative estimate of drug-likeness (QED) is 0.900. The molecule has 2 aromatic rings. The second-order valence-corrected chi connectivity index (χ2v) is 6.07. The minimum atomic E-state index is -1.17. The molecule has 1 aliphatic heterocycles. The van der Waals surface area contributed by atoms with Crippen molar-refractivity contribution in [3.05, 3.63) is 53.1 Å². The van der Waals surface area contributed by atoms with Crippen LogP contribution in [0.2, 0.25) is 0 Å². The highest BCUT2D eigenvalue weighted by Gasteiger charge is 2.28. The highest BCUT2D eigenvalue weighted by molar-refractivity contribution is 6.03. The number of halogens is 1. The Kier molecular flexibility index (Phi) is 4.80. The van der Waals surface area contributed by atoms with Crippen LogP contribution >= 0.6 is 0 Å². The number of hydrogen-bond donors (Lipinski definition) is 1. The second kappa shape index (κ2) is 7.02. The third-order valence-corrected chi connectivity index (χ3v) is 4.22. The number of carboxylic acids is 1. The molecule has 0 unspecified atom stereocenters. The van der Waals surface area contributed by atoms with Gasteiger partial charge in [0.25, 0.3) is 5.91 Å². The molecule has 0 radical (unpaired) electrons. The first-order chi connectivity index (χ1) is 11.9. The van der Waals surface area contributed by atoms with Gasteiger partial charge in [0.2, 0.25) is 0 Å². The minimum Gasteiger partial charge on any atom is -0.478 e. The number of carbonyl (C=O) groups is 2. The van der Waals surface area contributed by atoms with Crippen LogP contribution in [0.1, 0.15) is 26.4 Å². The van der Waals surface area contributed by atoms with Gasteiger partial charge in [-0.25, -0.2) is 9.18 Å². The number of carbonyl (C=O) groups excluding carboxylic acids is 1. The van der Waals surface area contributed by atoms with Gasteiger partial charge in [0.05, 0.1) is 0 Å². The summed E-state index contributed by atoms with van der Waals surface area (Å²) in [5, 5.41) is 13.2. The Labute approximate surface area is 144 Å². The molecule has 1 aromatic carbocycles. The Hall–Kier alpha value is -2.74. The Morgan fingerprint density at radius 3 is 2.60 bits per heavy atom. The van der Waals surface area contributed by atoms with E-state index in [0.29, 0.717) is 32.7 Å². The zero-order chi connectivity index (χ0) is 18.0. The molecule has 7 nitrogen and oxygen atoms in total. The van der Waals surface area contributed by atoms with E-state index in [0.717, 1.165) is 5.56 Å². The summed E-state index contributed by atoms with van der Waals surface area (Å²) < 4.78 is 14.6. The number of aryl methyl sites for hydroxylation is 1. The van der Waals surface area contributed by atoms with Crippen LogP contribution in [0.15, 0.2) is 30.5 Å². The lowest BCUT2D eigenvalue weighted by Crippen LogP contribution is -2.48. The number of rotatable bonds is 4. The number of carboxylic acid groups (broad SMARTS) is 1. The smallest absolute Gasteiger partial charge is 0.339 e. The van der Waals surface area contributed by atoms with Gasteiger partial charge in [-0.1, -0.05) is 12.1 Å². The topological polar surface area (TPSA) is 78.7 Å². The Morgan fingerprint density at radius 1 is 1.24 bits per heavy atom. The van der Waals surface area contributed by atoms with Crippen molar-refractivity contribution in [1.29, 1.82) is 0 Å². The van der Waals surface area contributed by atoms with Gasteiger partial charge in [0, 0.05) is 46.0 Å². The van der Waals surface area contributed by atoms with E-state index in [1.165, 1.54) is 23.0 Å². The molecule has 0 spiro atoms. The molecule has 8 heteroatoms. The molecule has 1 aromatic heterocycles. The average molecular weight is 346 g/mol. The van der Waals surface area contributed by atoms with Crippen LogP contribution in [-0.2, 0) is 13.6 Å². The fraction of sp³-hybridized carbons (Fsp3) is 0.353. The van der Waals surface area contributed by atoms with E-state index in [9.17, 15) is 19.1 Å². The van der Waals surface area contributed by atoms with Gasteiger partial charge >= 0.3 is 5.97 Å². The maximum absolute atomic E-state index is 13.3. The first-order valence-corrected chi connectivity index (χ1v) is 7.97. The van der Waals surface area contributed by atoms with Crippen molar-refractivity contribution < 1.29 is 19.1 Å². The summed E-state index contributed by atoms with van der Waals surface area (Å²) in [6.07, 6.45) is 1.33. The summed E-state index contributed by atoms with van der Waals surface area (Å²) in [6.45, 7) is 2.84. The highest BCUT2D eigenvalue weighted by Crippen LogP contribution is 2.14. The van der Waals surface area contributed by atoms with Crippen molar-refractivity contribution in [2.45, 2.75) is 6.54 Å². The third kappa shape index (κ3) is 3.85. The Morgan fingerprint density at radius 2 is 1.96 bits per heavy atom. The van der Waals surface area contributed by atoms with Crippen molar-refractivity contribution >= 4 is 11.9 Å². The molecule has 0 atom stereocenters. The molecule has 132 valence electrons. The maximum atomic E-state index is 13.3. The fourth-order valence-corrected chi connectivity index (χ4v) is 2.96. The summed E-state index contributed by atoms with van der Waals surface area (Å²) in [4.78, 5) is 27.6. The van der Waals surface area contributed by atoms with E-state index in [2.05, 4.69) is 10.00 Å². The number of hydrogen-bond acceptors (Lipinski definition) is 4. The summed E-state index contributed by atoms with van der Waals surface area (Å²) in [7, 11) is 1.58. The summed E-state index contributed by atoms with van der Waals surface area (Å²) in [5.41, 5.74) is 0.765. The molecular formula is C17H19FN4O3. The lowest BCUT2D eigenvalue weighted by molar-refractivity contribution is 0.0604. The number of nitrogens with zero attached hydrogens (tertiary/aromatic N) is 4. The molecule has 1 aliphatic rings. The Bertz CT molecular complexity index is 797. The molecule has 1 fully saturated rings. The van der Waals surface area contributed by atoms with Crippen molar-refractivity contribution in [3.63, 3.8) is 0 Å². The van der Waals surface area contributed by atoms with Gasteiger partial charge in [-0.3, -0.25) is 14.4 Å². The van der Waals surface area contributed by atoms with Gasteiger partial charge in [0.15, 0.2) is 5.69 Å². The lowest BCUT2D eigenvalue weighted by atomic mass is 10.1. The fourth-order valence-electron chi connectivity index (χ4n) is 2.96. The third-order valence-electron chi connectivity index (χ3n) is 4.22. The van der Waals surface area contributed by atoms with E-state index in [4.69, 9.17) is 0 Å². The van der Waals surface area contributed by atoms with Gasteiger partial charge < -0.3 is 10.0 Å². The molecule has 0 bridgehead atoms. The number of amides is 1. The lowest BCUT2D eigenvalue weighted by Gasteiger charge is -2.34. The second-order valence-electron chi connectivity index (χ2n) is 6.07. The minimum absolute atomic E-state index is 0.0337. The molecule has 1 N–H and O–H groups in total. The zero-order valence-electron chi connectivity index (χ0n) is 13.9. The Balaban J connectivity index is 1.62. The van der Waals surface area contributed by atoms with Crippen molar-refractivity contribution in [2.75, 3.05) is 26.2 Å². The maximum Gasteiger partial charge on any atom is 0.339 e. The molecule has 2 heterocycles. The van der Waals surface area contributed by atoms with Crippen LogP contribution in [0.25, 0.3) is 0 Å². The SMILES string of the molecule is Cn1cc(C(=O)O)c(C(=O)N2CCN(Cc3cccc(F)c3)CC2)n1. The van der Waals surface area contributed by atoms with E-state index in [1.54, 1.807) is 18.0 Å². The first-order valence-electron chi connectivity index (χ1n) is 7.97. The molecule has 1 saturated heterocycles. The molecule has 25 heavy (non-hydrogen) atoms. The molecule has 1 amide bonds. The molecule has 0 aliphatic carbocycles. The normalized spacial score (nSPS) is 15.4. The van der Waals surface area contributed by atoms with Gasteiger partial charge in [-0.05, 0) is 17.7 Å². The van der Waals surface area contributed by atoms with E-state index in [-0.39, 0.29) is 23.0 Å². The average Bonchev–Trinajstić information content (AvgIpc) is 2.97. The van der Waals surface area contributed by atoms with Crippen LogP contribution in [0.4, 0.5) is 4.39 Å². The molecule has 0 saturated carbocycles. The highest BCUT2D eigenvalue weighted by atomic mass is 19.1. The summed E-state index contributed by atoms with van der Waals surface area (Å²) in [6, 6.07) is 6.46. The van der Waals surface area contributed by atoms with Crippen LogP contribution in [0.3, 0.4) is 0 Å². The number of piperazine rings is 1. The summed E-state index contributed by atoms with van der Waals surface area (Å²) in [5.74, 6) is -1.80. The zero-order valence-corrected chi connectivity index (χ0v) is 13.9. The van der Waals surface area contributed by atoms with Crippen LogP contribution in [-0.4, -0.2) is 62.7 Å². The van der Waals surface area contributed by atoms with Crippen molar-refractivity contribution in [2.24, 2.45) is 7.05 Å². The summed E-state index contributed by atoms with van der Waals surface area (Å²) >= 11 is 0. The molecular weight excluding hydrogens is 327 g/mol. The van der Waals surface area contributed by atoms with Crippen LogP contribution in [0, 0.1) is 5.82 Å². The standard InChI is InChI=1S/C17H19FN4O3/c1-20-11-14(17(24)25)15(19-20)16(23)22-7-5-21(6-8-22)10-12-3-2-4-13(18)9-12/h2-4,9,11H,5-8,10H2,1H3,(H,24,25). The molecule has 3 rings (SSSR count). The van der Waals surface area contributed by atoms with E-state index >= 15 is 0 Å². The van der Waals surface area contributed by atoms with Gasteiger partial charge in [-0.2, -0.15) is 5.10 Å². The van der Waals surface area contributed by atoms with E-state index in [1.807, 2.05) is 6.07 Å². The van der Waals surface area contributed by atoms with Gasteiger partial charge in [-0.15, -0.1) is 0 Å². The monoisotopic (exact) mass is 346 g/mol. The van der Waals surface area contributed by atoms with E-state index < -0.39 is 5.97 Å². The first kappa shape index (κ1) is 17.1. The largest absolute Gasteiger partial charge is 0.478 e. The van der Waals surface area contributed by atoms with Gasteiger partial charge in [0.1, 0.15) is 11.4 Å². The number of aromatic carboxylic acids is 1.